The molecule has 6 nitrogen and oxygen atoms in total. The van der Waals surface area contributed by atoms with Crippen molar-refractivity contribution in [3.05, 3.63) is 42.5 Å². The summed E-state index contributed by atoms with van der Waals surface area (Å²) in [7, 11) is 1.58. The summed E-state index contributed by atoms with van der Waals surface area (Å²) in [6.07, 6.45) is 0. The summed E-state index contributed by atoms with van der Waals surface area (Å²) >= 11 is 1.39. The monoisotopic (exact) mass is 358 g/mol. The Kier molecular flexibility index (Phi) is 5.35. The summed E-state index contributed by atoms with van der Waals surface area (Å²) in [5.41, 5.74) is 0.748. The van der Waals surface area contributed by atoms with E-state index in [0.29, 0.717) is 29.0 Å². The number of amides is 1. The van der Waals surface area contributed by atoms with Gasteiger partial charge in [-0.1, -0.05) is 23.5 Å². The zero-order chi connectivity index (χ0) is 17.6. The summed E-state index contributed by atoms with van der Waals surface area (Å²) < 4.78 is 17.1. The van der Waals surface area contributed by atoms with Crippen molar-refractivity contribution >= 4 is 32.6 Å². The molecule has 3 aromatic rings. The lowest BCUT2D eigenvalue weighted by molar-refractivity contribution is -0.118. The zero-order valence-corrected chi connectivity index (χ0v) is 14.8. The molecule has 1 heterocycles. The second-order valence-electron chi connectivity index (χ2n) is 5.07. The molecule has 0 aliphatic heterocycles. The van der Waals surface area contributed by atoms with E-state index in [4.69, 9.17) is 14.2 Å². The molecule has 1 amide bonds. The van der Waals surface area contributed by atoms with Crippen molar-refractivity contribution in [2.24, 2.45) is 0 Å². The van der Waals surface area contributed by atoms with Gasteiger partial charge >= 0.3 is 0 Å². The number of carbonyl (C=O) groups is 1. The van der Waals surface area contributed by atoms with Gasteiger partial charge in [-0.15, -0.1) is 0 Å². The first kappa shape index (κ1) is 17.0. The molecule has 2 aromatic carbocycles. The van der Waals surface area contributed by atoms with Gasteiger partial charge in [0.2, 0.25) is 0 Å². The van der Waals surface area contributed by atoms with Crippen molar-refractivity contribution in [1.29, 1.82) is 0 Å². The van der Waals surface area contributed by atoms with E-state index in [1.807, 2.05) is 31.2 Å². The van der Waals surface area contributed by atoms with Gasteiger partial charge in [-0.25, -0.2) is 4.98 Å². The number of aromatic nitrogens is 1. The number of hydrogen-bond donors (Lipinski definition) is 1. The molecular formula is C18H18N2O4S. The van der Waals surface area contributed by atoms with Crippen LogP contribution < -0.4 is 19.5 Å². The Morgan fingerprint density at radius 1 is 1.16 bits per heavy atom. The topological polar surface area (TPSA) is 69.7 Å². The highest BCUT2D eigenvalue weighted by Crippen LogP contribution is 2.32. The summed E-state index contributed by atoms with van der Waals surface area (Å²) in [5.74, 6) is 1.68. The van der Waals surface area contributed by atoms with Gasteiger partial charge in [-0.05, 0) is 31.2 Å². The van der Waals surface area contributed by atoms with Gasteiger partial charge in [0.1, 0.15) is 22.8 Å². The third-order valence-corrected chi connectivity index (χ3v) is 4.28. The Balaban J connectivity index is 1.64. The van der Waals surface area contributed by atoms with E-state index in [0.717, 1.165) is 10.2 Å². The van der Waals surface area contributed by atoms with Crippen LogP contribution in [0.1, 0.15) is 6.92 Å². The molecule has 25 heavy (non-hydrogen) atoms. The zero-order valence-electron chi connectivity index (χ0n) is 13.9. The first-order valence-electron chi connectivity index (χ1n) is 7.78. The minimum Gasteiger partial charge on any atom is -0.497 e. The van der Waals surface area contributed by atoms with Crippen molar-refractivity contribution in [2.45, 2.75) is 6.92 Å². The molecule has 0 spiro atoms. The number of hydrogen-bond acceptors (Lipinski definition) is 6. The lowest BCUT2D eigenvalue weighted by atomic mass is 10.3. The average Bonchev–Trinajstić information content (AvgIpc) is 3.04. The first-order valence-corrected chi connectivity index (χ1v) is 8.60. The third-order valence-electron chi connectivity index (χ3n) is 3.34. The summed E-state index contributed by atoms with van der Waals surface area (Å²) in [6, 6.07) is 12.8. The van der Waals surface area contributed by atoms with Crippen LogP contribution >= 0.6 is 11.3 Å². The van der Waals surface area contributed by atoms with Crippen LogP contribution in [0.4, 0.5) is 5.13 Å². The number of fused-ring (bicyclic) bond motifs is 1. The van der Waals surface area contributed by atoms with Crippen LogP contribution in [0.25, 0.3) is 10.2 Å². The molecule has 0 saturated carbocycles. The number of methoxy groups -OCH3 is 1. The van der Waals surface area contributed by atoms with E-state index in [1.165, 1.54) is 11.3 Å². The highest BCUT2D eigenvalue weighted by atomic mass is 32.1. The molecule has 0 aliphatic rings. The quantitative estimate of drug-likeness (QED) is 0.697. The molecule has 1 N–H and O–H groups in total. The Labute approximate surface area is 149 Å². The van der Waals surface area contributed by atoms with Crippen molar-refractivity contribution < 1.29 is 19.0 Å². The average molecular weight is 358 g/mol. The van der Waals surface area contributed by atoms with Crippen molar-refractivity contribution in [3.63, 3.8) is 0 Å². The Hall–Kier alpha value is -2.80. The van der Waals surface area contributed by atoms with Gasteiger partial charge in [0, 0.05) is 6.07 Å². The molecule has 3 rings (SSSR count). The largest absolute Gasteiger partial charge is 0.497 e. The summed E-state index contributed by atoms with van der Waals surface area (Å²) in [4.78, 5) is 16.5. The third kappa shape index (κ3) is 4.19. The standard InChI is InChI=1S/C18H18N2O4S/c1-3-23-14-8-5-9-15-17(14)20-18(25-15)19-16(21)11-24-13-7-4-6-12(10-13)22-2/h4-10H,3,11H2,1-2H3,(H,19,20,21). The minimum atomic E-state index is -0.278. The van der Waals surface area contributed by atoms with Crippen LogP contribution in [0.2, 0.25) is 0 Å². The van der Waals surface area contributed by atoms with Crippen LogP contribution in [0.15, 0.2) is 42.5 Å². The first-order chi connectivity index (χ1) is 12.2. The molecule has 0 atom stereocenters. The van der Waals surface area contributed by atoms with E-state index in [2.05, 4.69) is 10.3 Å². The van der Waals surface area contributed by atoms with Crippen LogP contribution in [0.5, 0.6) is 17.2 Å². The molecular weight excluding hydrogens is 340 g/mol. The van der Waals surface area contributed by atoms with Gasteiger partial charge in [0.25, 0.3) is 5.91 Å². The number of ether oxygens (including phenoxy) is 3. The van der Waals surface area contributed by atoms with E-state index >= 15 is 0 Å². The van der Waals surface area contributed by atoms with Crippen molar-refractivity contribution in [1.82, 2.24) is 4.98 Å². The maximum atomic E-state index is 12.1. The molecule has 130 valence electrons. The molecule has 0 aliphatic carbocycles. The molecule has 0 bridgehead atoms. The molecule has 7 heteroatoms. The summed E-state index contributed by atoms with van der Waals surface area (Å²) in [6.45, 7) is 2.37. The number of anilines is 1. The fourth-order valence-corrected chi connectivity index (χ4v) is 3.14. The van der Waals surface area contributed by atoms with E-state index in [-0.39, 0.29) is 12.5 Å². The van der Waals surface area contributed by atoms with E-state index in [9.17, 15) is 4.79 Å². The van der Waals surface area contributed by atoms with Crippen molar-refractivity contribution in [3.8, 4) is 17.2 Å². The predicted molar refractivity (Wildman–Crippen MR) is 97.9 cm³/mol. The number of benzene rings is 2. The van der Waals surface area contributed by atoms with Crippen LogP contribution in [-0.4, -0.2) is 31.2 Å². The van der Waals surface area contributed by atoms with Gasteiger partial charge in [-0.2, -0.15) is 0 Å². The molecule has 0 fully saturated rings. The number of para-hydroxylation sites is 1. The van der Waals surface area contributed by atoms with Gasteiger partial charge in [0.05, 0.1) is 18.4 Å². The lowest BCUT2D eigenvalue weighted by Crippen LogP contribution is -2.20. The molecule has 0 radical (unpaired) electrons. The van der Waals surface area contributed by atoms with Crippen LogP contribution in [0.3, 0.4) is 0 Å². The normalized spacial score (nSPS) is 10.5. The fourth-order valence-electron chi connectivity index (χ4n) is 2.24. The van der Waals surface area contributed by atoms with E-state index < -0.39 is 0 Å². The Morgan fingerprint density at radius 3 is 2.76 bits per heavy atom. The molecule has 0 unspecified atom stereocenters. The number of nitrogens with one attached hydrogen (secondary N) is 1. The van der Waals surface area contributed by atoms with E-state index in [1.54, 1.807) is 25.3 Å². The minimum absolute atomic E-state index is 0.110. The summed E-state index contributed by atoms with van der Waals surface area (Å²) in [5, 5.41) is 3.27. The predicted octanol–water partition coefficient (Wildman–Crippen LogP) is 3.72. The number of carbonyl (C=O) groups excluding carboxylic acids is 1. The SMILES string of the molecule is CCOc1cccc2sc(NC(=O)COc3cccc(OC)c3)nc12. The van der Waals surface area contributed by atoms with Crippen molar-refractivity contribution in [2.75, 3.05) is 25.6 Å². The van der Waals surface area contributed by atoms with Gasteiger partial charge < -0.3 is 14.2 Å². The van der Waals surface area contributed by atoms with Gasteiger partial charge in [0.15, 0.2) is 11.7 Å². The number of nitrogens with zero attached hydrogens (tertiary/aromatic N) is 1. The number of rotatable bonds is 7. The second-order valence-corrected chi connectivity index (χ2v) is 6.10. The second kappa shape index (κ2) is 7.85. The highest BCUT2D eigenvalue weighted by Gasteiger charge is 2.11. The smallest absolute Gasteiger partial charge is 0.264 e. The maximum absolute atomic E-state index is 12.1. The van der Waals surface area contributed by atoms with Gasteiger partial charge in [-0.3, -0.25) is 10.1 Å². The van der Waals surface area contributed by atoms with Crippen LogP contribution in [0, 0.1) is 0 Å². The number of thiazole rings is 1. The highest BCUT2D eigenvalue weighted by molar-refractivity contribution is 7.22. The fraction of sp³-hybridized carbons (Fsp3) is 0.222. The molecule has 1 aromatic heterocycles. The van der Waals surface area contributed by atoms with Crippen LogP contribution in [-0.2, 0) is 4.79 Å². The lowest BCUT2D eigenvalue weighted by Gasteiger charge is -2.07. The molecule has 0 saturated heterocycles. The Morgan fingerprint density at radius 2 is 1.96 bits per heavy atom. The maximum Gasteiger partial charge on any atom is 0.264 e. The Bertz CT molecular complexity index is 878.